The minimum atomic E-state index is -1.42. The molecule has 11 nitrogen and oxygen atoms in total. The Morgan fingerprint density at radius 2 is 1.77 bits per heavy atom. The first kappa shape index (κ1) is 31.6. The lowest BCUT2D eigenvalue weighted by Gasteiger charge is -2.29. The number of anilines is 1. The van der Waals surface area contributed by atoms with Crippen LogP contribution in [-0.2, 0) is 33.4 Å². The molecule has 1 aromatic rings. The van der Waals surface area contributed by atoms with E-state index in [4.69, 9.17) is 14.2 Å². The van der Waals surface area contributed by atoms with Gasteiger partial charge in [-0.05, 0) is 38.3 Å². The zero-order chi connectivity index (χ0) is 29.1. The maximum absolute atomic E-state index is 13.4. The lowest BCUT2D eigenvalue weighted by Crippen LogP contribution is -2.50. The fourth-order valence-corrected chi connectivity index (χ4v) is 4.40. The minimum Gasteiger partial charge on any atom is -0.505 e. The molecule has 1 heterocycles. The third-order valence-electron chi connectivity index (χ3n) is 6.48. The number of aromatic hydroxyl groups is 1. The summed E-state index contributed by atoms with van der Waals surface area (Å²) in [5.74, 6) is -4.26. The average Bonchev–Trinajstić information content (AvgIpc) is 2.88. The van der Waals surface area contributed by atoms with E-state index >= 15 is 0 Å². The van der Waals surface area contributed by atoms with E-state index in [0.29, 0.717) is 19.3 Å². The Balaban J connectivity index is 2.33. The fourth-order valence-electron chi connectivity index (χ4n) is 4.40. The van der Waals surface area contributed by atoms with Crippen molar-refractivity contribution in [3.8, 4) is 5.75 Å². The molecule has 0 aromatic heterocycles. The number of hydrogen-bond acceptors (Lipinski definition) is 9. The van der Waals surface area contributed by atoms with Gasteiger partial charge in [-0.1, -0.05) is 52.5 Å². The number of para-hydroxylation sites is 1. The van der Waals surface area contributed by atoms with E-state index in [1.807, 2.05) is 13.8 Å². The summed E-state index contributed by atoms with van der Waals surface area (Å²) in [6.07, 6.45) is 1.17. The smallest absolute Gasteiger partial charge is 0.332 e. The molecule has 1 aliphatic heterocycles. The van der Waals surface area contributed by atoms with E-state index in [-0.39, 0.29) is 23.6 Å². The number of phenols is 1. The van der Waals surface area contributed by atoms with Crippen molar-refractivity contribution in [2.75, 3.05) is 5.32 Å². The second-order valence-corrected chi connectivity index (χ2v) is 10.2. The van der Waals surface area contributed by atoms with Gasteiger partial charge in [0.15, 0.2) is 17.9 Å². The maximum atomic E-state index is 13.4. The SMILES string of the molecule is CCCCCC[C@@H]1C(=O)O[C@@H](C)[C@@H](NC(=O)c2cccc(NC=O)c2O)C(=O)O[C@@H](C)[C@H]1OC(=O)CC(C)C. The van der Waals surface area contributed by atoms with Gasteiger partial charge in [0.2, 0.25) is 6.41 Å². The van der Waals surface area contributed by atoms with E-state index in [1.165, 1.54) is 32.0 Å². The molecular formula is C28H40N2O9. The summed E-state index contributed by atoms with van der Waals surface area (Å²) in [5, 5.41) is 15.1. The highest BCUT2D eigenvalue weighted by molar-refractivity contribution is 6.01. The third-order valence-corrected chi connectivity index (χ3v) is 6.48. The lowest BCUT2D eigenvalue weighted by atomic mass is 9.92. The number of hydrogen-bond donors (Lipinski definition) is 3. The van der Waals surface area contributed by atoms with Crippen molar-refractivity contribution in [1.82, 2.24) is 5.32 Å². The molecular weight excluding hydrogens is 508 g/mol. The number of benzene rings is 1. The summed E-state index contributed by atoms with van der Waals surface area (Å²) in [4.78, 5) is 62.9. The molecule has 0 unspecified atom stereocenters. The standard InChI is InChI=1S/C28H40N2O9/c1-6-7-8-9-11-20-25(39-22(32)14-16(2)3)18(5)38-28(36)23(17(4)37-27(20)35)30-26(34)19-12-10-13-21(24(19)33)29-15-31/h10,12-13,15-18,20,23,25,33H,6-9,11,14H2,1-5H3,(H,29,31)(H,30,34)/t17-,18-,20-,23+,25+/m0/s1. The molecule has 1 fully saturated rings. The molecule has 2 rings (SSSR count). The van der Waals surface area contributed by atoms with Crippen LogP contribution >= 0.6 is 0 Å². The van der Waals surface area contributed by atoms with Crippen LogP contribution in [0.3, 0.4) is 0 Å². The molecule has 1 saturated heterocycles. The summed E-state index contributed by atoms with van der Waals surface area (Å²) >= 11 is 0. The summed E-state index contributed by atoms with van der Waals surface area (Å²) in [5.41, 5.74) is -0.213. The molecule has 0 saturated carbocycles. The van der Waals surface area contributed by atoms with Crippen LogP contribution in [0, 0.1) is 11.8 Å². The highest BCUT2D eigenvalue weighted by atomic mass is 16.6. The first-order valence-electron chi connectivity index (χ1n) is 13.4. The Morgan fingerprint density at radius 1 is 1.08 bits per heavy atom. The lowest BCUT2D eigenvalue weighted by molar-refractivity contribution is -0.175. The van der Waals surface area contributed by atoms with Crippen LogP contribution in [0.25, 0.3) is 0 Å². The number of rotatable bonds is 12. The molecule has 1 aliphatic rings. The number of esters is 3. The van der Waals surface area contributed by atoms with Gasteiger partial charge in [0.25, 0.3) is 5.91 Å². The molecule has 0 aliphatic carbocycles. The van der Waals surface area contributed by atoms with Crippen LogP contribution in [0.1, 0.15) is 83.5 Å². The van der Waals surface area contributed by atoms with Crippen molar-refractivity contribution >= 4 is 35.9 Å². The number of unbranched alkanes of at least 4 members (excludes halogenated alkanes) is 3. The Hall–Kier alpha value is -3.63. The minimum absolute atomic E-state index is 0.000221. The van der Waals surface area contributed by atoms with Gasteiger partial charge in [0.1, 0.15) is 12.2 Å². The number of amides is 2. The first-order chi connectivity index (χ1) is 18.5. The van der Waals surface area contributed by atoms with Gasteiger partial charge in [0.05, 0.1) is 17.2 Å². The zero-order valence-corrected chi connectivity index (χ0v) is 23.2. The van der Waals surface area contributed by atoms with Gasteiger partial charge >= 0.3 is 17.9 Å². The number of nitrogens with one attached hydrogen (secondary N) is 2. The molecule has 39 heavy (non-hydrogen) atoms. The van der Waals surface area contributed by atoms with Crippen LogP contribution in [0.4, 0.5) is 5.69 Å². The molecule has 2 amide bonds. The molecule has 0 bridgehead atoms. The van der Waals surface area contributed by atoms with Gasteiger partial charge in [0, 0.05) is 6.42 Å². The van der Waals surface area contributed by atoms with E-state index in [9.17, 15) is 29.1 Å². The van der Waals surface area contributed by atoms with Crippen molar-refractivity contribution in [2.45, 2.75) is 97.5 Å². The van der Waals surface area contributed by atoms with E-state index in [0.717, 1.165) is 19.3 Å². The van der Waals surface area contributed by atoms with E-state index < -0.39 is 59.8 Å². The Bertz CT molecular complexity index is 1030. The van der Waals surface area contributed by atoms with Crippen molar-refractivity contribution in [3.63, 3.8) is 0 Å². The van der Waals surface area contributed by atoms with Crippen molar-refractivity contribution in [3.05, 3.63) is 23.8 Å². The van der Waals surface area contributed by atoms with Gasteiger partial charge in [-0.25, -0.2) is 4.79 Å². The Kier molecular flexibility index (Phi) is 12.2. The molecule has 11 heteroatoms. The normalized spacial score (nSPS) is 23.5. The number of carbonyl (C=O) groups is 5. The molecule has 3 N–H and O–H groups in total. The second kappa shape index (κ2) is 15.1. The predicted molar refractivity (Wildman–Crippen MR) is 142 cm³/mol. The Labute approximate surface area is 228 Å². The number of ether oxygens (including phenoxy) is 3. The third kappa shape index (κ3) is 8.97. The summed E-state index contributed by atoms with van der Waals surface area (Å²) in [7, 11) is 0. The summed E-state index contributed by atoms with van der Waals surface area (Å²) in [6, 6.07) is 2.71. The van der Waals surface area contributed by atoms with Crippen molar-refractivity contribution in [2.24, 2.45) is 11.8 Å². The molecule has 1 aromatic carbocycles. The van der Waals surface area contributed by atoms with Crippen LogP contribution in [0.5, 0.6) is 5.75 Å². The first-order valence-corrected chi connectivity index (χ1v) is 13.4. The fraction of sp³-hybridized carbons (Fsp3) is 0.607. The van der Waals surface area contributed by atoms with E-state index in [2.05, 4.69) is 17.6 Å². The van der Waals surface area contributed by atoms with Crippen molar-refractivity contribution in [1.29, 1.82) is 0 Å². The van der Waals surface area contributed by atoms with Crippen LogP contribution < -0.4 is 10.6 Å². The molecule has 0 radical (unpaired) electrons. The second-order valence-electron chi connectivity index (χ2n) is 10.2. The van der Waals surface area contributed by atoms with Gasteiger partial charge in [-0.3, -0.25) is 19.2 Å². The predicted octanol–water partition coefficient (Wildman–Crippen LogP) is 3.48. The van der Waals surface area contributed by atoms with Crippen LogP contribution in [0.2, 0.25) is 0 Å². The van der Waals surface area contributed by atoms with Gasteiger partial charge < -0.3 is 30.0 Å². The number of carbonyl (C=O) groups excluding carboxylic acids is 5. The zero-order valence-electron chi connectivity index (χ0n) is 23.2. The van der Waals surface area contributed by atoms with Gasteiger partial charge in [-0.2, -0.15) is 0 Å². The number of phenolic OH excluding ortho intramolecular Hbond substituents is 1. The monoisotopic (exact) mass is 548 g/mol. The van der Waals surface area contributed by atoms with Gasteiger partial charge in [-0.15, -0.1) is 0 Å². The highest BCUT2D eigenvalue weighted by Gasteiger charge is 2.44. The average molecular weight is 549 g/mol. The highest BCUT2D eigenvalue weighted by Crippen LogP contribution is 2.29. The molecule has 0 spiro atoms. The van der Waals surface area contributed by atoms with Crippen molar-refractivity contribution < 1.29 is 43.3 Å². The van der Waals surface area contributed by atoms with Crippen LogP contribution in [-0.4, -0.2) is 59.7 Å². The topological polar surface area (TPSA) is 157 Å². The quantitative estimate of drug-likeness (QED) is 0.117. The molecule has 5 atom stereocenters. The summed E-state index contributed by atoms with van der Waals surface area (Å²) < 4.78 is 16.9. The van der Waals surface area contributed by atoms with Crippen LogP contribution in [0.15, 0.2) is 18.2 Å². The van der Waals surface area contributed by atoms with E-state index in [1.54, 1.807) is 0 Å². The summed E-state index contributed by atoms with van der Waals surface area (Å²) in [6.45, 7) is 8.77. The maximum Gasteiger partial charge on any atom is 0.332 e. The Morgan fingerprint density at radius 3 is 2.41 bits per heavy atom. The largest absolute Gasteiger partial charge is 0.505 e. The number of cyclic esters (lactones) is 2. The molecule has 216 valence electrons.